The van der Waals surface area contributed by atoms with Gasteiger partial charge in [0.1, 0.15) is 30.1 Å². The van der Waals surface area contributed by atoms with Crippen LogP contribution in [-0.2, 0) is 47.6 Å². The number of carbonyl (C=O) groups is 4. The highest BCUT2D eigenvalue weighted by Crippen LogP contribution is 2.38. The van der Waals surface area contributed by atoms with E-state index in [1.807, 2.05) is 51.2 Å². The second-order valence-electron chi connectivity index (χ2n) is 19.7. The molecule has 2 saturated heterocycles. The highest BCUT2D eigenvalue weighted by molar-refractivity contribution is 6.39. The summed E-state index contributed by atoms with van der Waals surface area (Å²) in [5.41, 5.74) is 1.91. The van der Waals surface area contributed by atoms with Gasteiger partial charge in [0.25, 0.3) is 11.7 Å². The fourth-order valence-corrected chi connectivity index (χ4v) is 10.2. The third-order valence-corrected chi connectivity index (χ3v) is 14.6. The molecule has 0 aromatic rings. The minimum atomic E-state index is -3.28. The number of hydrogen-bond acceptors (Lipinski definition) is 13. The van der Waals surface area contributed by atoms with Gasteiger partial charge in [0, 0.05) is 55.3 Å². The smallest absolute Gasteiger partial charge is 0.329 e. The Hall–Kier alpha value is -3.34. The lowest BCUT2D eigenvalue weighted by atomic mass is 9.78. The molecule has 1 aliphatic carbocycles. The summed E-state index contributed by atoms with van der Waals surface area (Å²) in [6, 6.07) is -1.31. The van der Waals surface area contributed by atoms with Gasteiger partial charge in [-0.1, -0.05) is 77.7 Å². The number of ketones is 2. The van der Waals surface area contributed by atoms with Crippen molar-refractivity contribution in [3.63, 3.8) is 0 Å². The summed E-state index contributed by atoms with van der Waals surface area (Å²) < 4.78 is 83.9. The number of Topliss-reactive ketones (excluding diaryl/α,β-unsaturated/α-hetero) is 2. The fraction of sp³-hybridized carbons (Fsp3) is 0.741. The van der Waals surface area contributed by atoms with Crippen LogP contribution in [0, 0.1) is 35.5 Å². The molecule has 0 radical (unpaired) electrons. The quantitative estimate of drug-likeness (QED) is 0.120. The van der Waals surface area contributed by atoms with E-state index < -0.39 is 109 Å². The van der Waals surface area contributed by atoms with E-state index in [1.54, 1.807) is 19.9 Å². The van der Waals surface area contributed by atoms with Gasteiger partial charge in [0.15, 0.2) is 0 Å². The zero-order chi connectivity index (χ0) is 55.7. The molecule has 3 fully saturated rings. The minimum absolute atomic E-state index is 0.0415. The maximum absolute atomic E-state index is 14.6. The summed E-state index contributed by atoms with van der Waals surface area (Å²) in [7, 11) is 4.40. The monoisotopic (exact) mass is 962 g/mol. The van der Waals surface area contributed by atoms with E-state index in [1.165, 1.54) is 28.3 Å². The van der Waals surface area contributed by atoms with Crippen LogP contribution < -0.4 is 0 Å². The van der Waals surface area contributed by atoms with E-state index in [0.717, 1.165) is 10.5 Å². The Morgan fingerprint density at radius 3 is 2.35 bits per heavy atom. The van der Waals surface area contributed by atoms with Crippen molar-refractivity contribution >= 4 is 23.4 Å². The number of aliphatic hydroxyl groups is 3. The molecule has 2 bridgehead atoms. The lowest BCUT2D eigenvalue weighted by Crippen LogP contribution is -2.61. The number of ether oxygens (including phenoxy) is 6. The Morgan fingerprint density at radius 2 is 1.68 bits per heavy atom. The summed E-state index contributed by atoms with van der Waals surface area (Å²) in [5.74, 6) is -9.65. The van der Waals surface area contributed by atoms with Crippen molar-refractivity contribution in [2.45, 2.75) is 180 Å². The van der Waals surface area contributed by atoms with E-state index in [0.29, 0.717) is 49.7 Å². The van der Waals surface area contributed by atoms with Crippen LogP contribution in [0.1, 0.15) is 134 Å². The highest BCUT2D eigenvalue weighted by Gasteiger charge is 2.53. The van der Waals surface area contributed by atoms with Crippen LogP contribution in [0.4, 0.5) is 0 Å². The van der Waals surface area contributed by atoms with Gasteiger partial charge in [0.2, 0.25) is 5.79 Å². The second kappa shape index (κ2) is 27.3. The molecule has 384 valence electrons. The van der Waals surface area contributed by atoms with E-state index in [-0.39, 0.29) is 62.2 Å². The molecule has 0 aromatic heterocycles. The van der Waals surface area contributed by atoms with E-state index >= 15 is 0 Å². The first-order valence-corrected chi connectivity index (χ1v) is 24.5. The highest BCUT2D eigenvalue weighted by atomic mass is 16.6. The number of amides is 1. The lowest BCUT2D eigenvalue weighted by molar-refractivity contribution is -0.265. The third kappa shape index (κ3) is 15.3. The zero-order valence-electron chi connectivity index (χ0n) is 48.1. The number of carbonyl (C=O) groups excluding carboxylic acids is 4. The molecular weight excluding hydrogens is 871 g/mol. The Labute approximate surface area is 415 Å². The Kier molecular flexibility index (Phi) is 19.4. The molecule has 14 nitrogen and oxygen atoms in total. The Morgan fingerprint density at radius 1 is 0.941 bits per heavy atom. The topological polar surface area (TPSA) is 188 Å². The average molecular weight is 962 g/mol. The van der Waals surface area contributed by atoms with Crippen molar-refractivity contribution in [3.8, 4) is 0 Å². The maximum Gasteiger partial charge on any atom is 0.329 e. The van der Waals surface area contributed by atoms with E-state index in [4.69, 9.17) is 36.6 Å². The second-order valence-corrected chi connectivity index (χ2v) is 19.7. The zero-order valence-corrected chi connectivity index (χ0v) is 42.1. The van der Waals surface area contributed by atoms with Gasteiger partial charge < -0.3 is 48.6 Å². The molecule has 4 aliphatic rings. The standard InChI is InChI=1S/C54H85NO13/c1-33-17-13-12-14-18-34(2)46(63-9)31-42-22-20-39(7)54(62,68-42)51(59)52(60)55-24-16-15-19-43(55)53(61)67-47(37(5)29-41-21-23-45(66-26-25-56)48(30-41)64-10)32-44(57)36(4)28-38(6)49(58)50(65-11)40(8)35(3)27-33/h12-14,17-18,28,33,35-37,39,41-43,45-50,56,58,62H,8,15-16,19-27,29-32H2,1-7,9-11H3/b14-12+,17-13+,34-18+,38-28+/t33-,35-,36-,37-,39-,41+,42+,43+,45-,46+,47+,48-,49-,50+,54-/m1/s1/i20D2,25D2,26D2. The van der Waals surface area contributed by atoms with Crippen LogP contribution in [0.5, 0.6) is 0 Å². The van der Waals surface area contributed by atoms with Crippen molar-refractivity contribution < 1.29 is 71.1 Å². The molecule has 3 heterocycles. The van der Waals surface area contributed by atoms with Gasteiger partial charge in [-0.25, -0.2) is 4.79 Å². The predicted molar refractivity (Wildman–Crippen MR) is 260 cm³/mol. The number of cyclic esters (lactones) is 1. The SMILES string of the molecule is [2H]C1([2H])C[C@H]2C[C@H](OC)/C(C)=C/C=C/C=C/[C@@H](C)C[C@@H](C)C(=C)[C@H](OC)[C@H](O)/C(C)=C/[C@@H](C)C(=O)C[C@@H]([C@H](C)C[C@@H]3CC[C@@H](OC([2H])([2H])C([2H])([2H])O)[C@H](OC)C3)OC(=O)[C@@H]3CCCCN3C(=O)C(=O)[C@](O)(O2)[C@@H]1C. The summed E-state index contributed by atoms with van der Waals surface area (Å²) in [6.45, 7) is 10.4. The number of piperidine rings is 1. The third-order valence-electron chi connectivity index (χ3n) is 14.6. The maximum atomic E-state index is 14.6. The summed E-state index contributed by atoms with van der Waals surface area (Å²) in [6.07, 6.45) is 5.36. The summed E-state index contributed by atoms with van der Waals surface area (Å²) in [5, 5.41) is 33.5. The van der Waals surface area contributed by atoms with Crippen LogP contribution in [0.3, 0.4) is 0 Å². The number of allylic oxidation sites excluding steroid dienone is 6. The van der Waals surface area contributed by atoms with Gasteiger partial charge in [0.05, 0.1) is 43.0 Å². The first kappa shape index (κ1) is 48.3. The fourth-order valence-electron chi connectivity index (χ4n) is 10.2. The van der Waals surface area contributed by atoms with Crippen LogP contribution >= 0.6 is 0 Å². The Balaban J connectivity index is 1.74. The lowest BCUT2D eigenvalue weighted by Gasteiger charge is -2.42. The number of rotatable bonds is 9. The van der Waals surface area contributed by atoms with Crippen LogP contribution in [0.15, 0.2) is 59.8 Å². The molecule has 0 aromatic carbocycles. The van der Waals surface area contributed by atoms with Gasteiger partial charge in [-0.15, -0.1) is 0 Å². The number of methoxy groups -OCH3 is 3. The molecular formula is C54H85NO13. The normalized spacial score (nSPS) is 41.6. The van der Waals surface area contributed by atoms with Crippen molar-refractivity contribution in [1.82, 2.24) is 4.90 Å². The van der Waals surface area contributed by atoms with Gasteiger partial charge in [-0.3, -0.25) is 14.4 Å². The molecule has 3 N–H and O–H groups in total. The van der Waals surface area contributed by atoms with Crippen molar-refractivity contribution in [2.75, 3.05) is 41.0 Å². The van der Waals surface area contributed by atoms with Gasteiger partial charge >= 0.3 is 5.97 Å². The predicted octanol–water partition coefficient (Wildman–Crippen LogP) is 7.18. The molecule has 68 heavy (non-hydrogen) atoms. The van der Waals surface area contributed by atoms with E-state index in [2.05, 4.69) is 13.5 Å². The van der Waals surface area contributed by atoms with E-state index in [9.17, 15) is 34.5 Å². The largest absolute Gasteiger partial charge is 0.460 e. The van der Waals surface area contributed by atoms with Gasteiger partial charge in [-0.05, 0) is 118 Å². The first-order valence-electron chi connectivity index (χ1n) is 27.5. The van der Waals surface area contributed by atoms with Crippen LogP contribution in [0.2, 0.25) is 0 Å². The molecule has 3 aliphatic heterocycles. The molecule has 14 heteroatoms. The molecule has 1 saturated carbocycles. The molecule has 1 amide bonds. The summed E-state index contributed by atoms with van der Waals surface area (Å²) in [4.78, 5) is 58.8. The number of fused-ring (bicyclic) bond motifs is 3. The molecule has 0 unspecified atom stereocenters. The van der Waals surface area contributed by atoms with Crippen molar-refractivity contribution in [2.24, 2.45) is 35.5 Å². The van der Waals surface area contributed by atoms with Crippen LogP contribution in [-0.4, -0.2) is 139 Å². The number of hydrogen-bond donors (Lipinski definition) is 3. The summed E-state index contributed by atoms with van der Waals surface area (Å²) >= 11 is 0. The Bertz CT molecular complexity index is 2080. The average Bonchev–Trinajstić information content (AvgIpc) is 3.33. The van der Waals surface area contributed by atoms with Crippen molar-refractivity contribution in [3.05, 3.63) is 59.8 Å². The van der Waals surface area contributed by atoms with Gasteiger partial charge in [-0.2, -0.15) is 0 Å². The van der Waals surface area contributed by atoms with Crippen molar-refractivity contribution in [1.29, 1.82) is 0 Å². The molecule has 15 atom stereocenters. The van der Waals surface area contributed by atoms with Crippen LogP contribution in [0.25, 0.3) is 0 Å². The minimum Gasteiger partial charge on any atom is -0.460 e. The number of esters is 1. The first-order chi connectivity index (χ1) is 34.4. The number of aliphatic hydroxyl groups excluding tert-OH is 1. The molecule has 4 rings (SSSR count). The number of nitrogens with zero attached hydrogens (tertiary/aromatic N) is 1. The molecule has 0 spiro atoms.